The molecule has 0 aliphatic heterocycles. The summed E-state index contributed by atoms with van der Waals surface area (Å²) in [5.41, 5.74) is 3.43. The third kappa shape index (κ3) is 3.82. The summed E-state index contributed by atoms with van der Waals surface area (Å²) < 4.78 is 17.8. The summed E-state index contributed by atoms with van der Waals surface area (Å²) in [6, 6.07) is 13.3. The van der Waals surface area contributed by atoms with E-state index in [0.717, 1.165) is 22.0 Å². The Bertz CT molecular complexity index is 1080. The highest BCUT2D eigenvalue weighted by molar-refractivity contribution is 7.83. The molecular weight excluding hydrogens is 360 g/mol. The van der Waals surface area contributed by atoms with Crippen molar-refractivity contribution in [3.8, 4) is 6.07 Å². The maximum Gasteiger partial charge on any atom is 0.127 e. The van der Waals surface area contributed by atoms with E-state index in [2.05, 4.69) is 16.0 Å². The number of para-hydroxylation sites is 1. The third-order valence-corrected chi connectivity index (χ3v) is 5.89. The van der Waals surface area contributed by atoms with Crippen LogP contribution in [0.5, 0.6) is 0 Å². The van der Waals surface area contributed by atoms with Crippen LogP contribution in [0.25, 0.3) is 10.9 Å². The molecule has 3 rings (SSSR count). The Morgan fingerprint density at radius 3 is 2.74 bits per heavy atom. The molecule has 0 fully saturated rings. The number of aromatic nitrogens is 1. The molecule has 2 aromatic carbocycles. The molecule has 6 nitrogen and oxygen atoms in total. The number of aryl methyl sites for hydroxylation is 2. The van der Waals surface area contributed by atoms with Gasteiger partial charge in [0, 0.05) is 29.7 Å². The summed E-state index contributed by atoms with van der Waals surface area (Å²) >= 11 is 0. The highest BCUT2D eigenvalue weighted by atomic mass is 32.2. The summed E-state index contributed by atoms with van der Waals surface area (Å²) in [5.74, 6) is 0. The molecule has 0 saturated carbocycles. The van der Waals surface area contributed by atoms with E-state index in [1.807, 2.05) is 55.7 Å². The fourth-order valence-corrected chi connectivity index (χ4v) is 4.50. The van der Waals surface area contributed by atoms with Gasteiger partial charge in [0.05, 0.1) is 10.5 Å². The van der Waals surface area contributed by atoms with Crippen molar-refractivity contribution >= 4 is 27.6 Å². The van der Waals surface area contributed by atoms with Gasteiger partial charge in [-0.15, -0.1) is 4.91 Å². The topological polar surface area (TPSA) is 87.2 Å². The average molecular weight is 380 g/mol. The summed E-state index contributed by atoms with van der Waals surface area (Å²) in [4.78, 5) is 11.6. The molecule has 7 heteroatoms. The monoisotopic (exact) mass is 380 g/mol. The van der Waals surface area contributed by atoms with Crippen molar-refractivity contribution in [2.75, 3.05) is 0 Å². The van der Waals surface area contributed by atoms with Crippen LogP contribution in [0.3, 0.4) is 0 Å². The largest absolute Gasteiger partial charge is 0.345 e. The van der Waals surface area contributed by atoms with Crippen LogP contribution < -0.4 is 4.72 Å². The van der Waals surface area contributed by atoms with Crippen LogP contribution in [0, 0.1) is 30.1 Å². The average Bonchev–Trinajstić information content (AvgIpc) is 2.98. The van der Waals surface area contributed by atoms with E-state index in [1.165, 1.54) is 0 Å². The lowest BCUT2D eigenvalue weighted by atomic mass is 10.1. The Kier molecular flexibility index (Phi) is 5.49. The predicted octanol–water partition coefficient (Wildman–Crippen LogP) is 4.23. The van der Waals surface area contributed by atoms with Crippen LogP contribution >= 0.6 is 0 Å². The van der Waals surface area contributed by atoms with Crippen LogP contribution in [0.4, 0.5) is 5.69 Å². The van der Waals surface area contributed by atoms with Crippen molar-refractivity contribution in [1.29, 1.82) is 5.26 Å². The highest BCUT2D eigenvalue weighted by Crippen LogP contribution is 2.27. The second kappa shape index (κ2) is 7.82. The van der Waals surface area contributed by atoms with Gasteiger partial charge in [-0.25, -0.2) is 8.93 Å². The van der Waals surface area contributed by atoms with Gasteiger partial charge >= 0.3 is 0 Å². The second-order valence-electron chi connectivity index (χ2n) is 6.63. The van der Waals surface area contributed by atoms with Gasteiger partial charge < -0.3 is 4.57 Å². The summed E-state index contributed by atoms with van der Waals surface area (Å²) in [6.45, 7) is 6.13. The standard InChI is InChI=1S/C20H20N4O2S/c1-13-8-14(2)20(18(9-13)22-25)27(26)23-15(3)11-24-12-16(10-21)17-6-4-5-7-19(17)24/h4-9,12,15,23H,11H2,1-3H3. The minimum absolute atomic E-state index is 0.159. The van der Waals surface area contributed by atoms with E-state index < -0.39 is 11.0 Å². The number of hydrogen-bond acceptors (Lipinski definition) is 4. The van der Waals surface area contributed by atoms with E-state index in [1.54, 1.807) is 12.3 Å². The van der Waals surface area contributed by atoms with E-state index in [0.29, 0.717) is 17.0 Å². The minimum Gasteiger partial charge on any atom is -0.345 e. The second-order valence-corrected chi connectivity index (χ2v) is 7.81. The molecule has 1 aromatic heterocycles. The molecule has 27 heavy (non-hydrogen) atoms. The predicted molar refractivity (Wildman–Crippen MR) is 107 cm³/mol. The van der Waals surface area contributed by atoms with E-state index >= 15 is 0 Å². The maximum atomic E-state index is 12.8. The quantitative estimate of drug-likeness (QED) is 0.649. The summed E-state index contributed by atoms with van der Waals surface area (Å²) in [5, 5.41) is 13.3. The van der Waals surface area contributed by atoms with Gasteiger partial charge in [-0.2, -0.15) is 5.26 Å². The Labute approximate surface area is 160 Å². The molecule has 1 N–H and O–H groups in total. The number of rotatable bonds is 6. The van der Waals surface area contributed by atoms with Gasteiger partial charge in [-0.05, 0) is 49.2 Å². The van der Waals surface area contributed by atoms with Crippen molar-refractivity contribution in [2.24, 2.45) is 5.18 Å². The van der Waals surface area contributed by atoms with Gasteiger partial charge in [-0.3, -0.25) is 0 Å². The lowest BCUT2D eigenvalue weighted by Gasteiger charge is -2.17. The number of nitrogens with one attached hydrogen (secondary N) is 1. The minimum atomic E-state index is -1.57. The molecule has 0 aliphatic rings. The van der Waals surface area contributed by atoms with Crippen molar-refractivity contribution in [1.82, 2.24) is 9.29 Å². The fourth-order valence-electron chi connectivity index (χ4n) is 3.30. The van der Waals surface area contributed by atoms with Gasteiger partial charge in [0.1, 0.15) is 22.7 Å². The molecule has 1 heterocycles. The summed E-state index contributed by atoms with van der Waals surface area (Å²) in [7, 11) is -1.57. The van der Waals surface area contributed by atoms with Gasteiger partial charge in [0.25, 0.3) is 0 Å². The van der Waals surface area contributed by atoms with Crippen molar-refractivity contribution < 1.29 is 4.21 Å². The van der Waals surface area contributed by atoms with E-state index in [-0.39, 0.29) is 11.7 Å². The van der Waals surface area contributed by atoms with Crippen molar-refractivity contribution in [3.05, 3.63) is 64.2 Å². The van der Waals surface area contributed by atoms with Crippen molar-refractivity contribution in [3.63, 3.8) is 0 Å². The number of hydrogen-bond donors (Lipinski definition) is 1. The molecule has 0 saturated heterocycles. The Hall–Kier alpha value is -2.82. The SMILES string of the molecule is Cc1cc(C)c(S(=O)NC(C)Cn2cc(C#N)c3ccccc32)c(N=O)c1. The number of nitrogens with zero attached hydrogens (tertiary/aromatic N) is 3. The number of nitriles is 1. The first-order valence-electron chi connectivity index (χ1n) is 8.55. The van der Waals surface area contributed by atoms with Gasteiger partial charge in [0.15, 0.2) is 0 Å². The maximum absolute atomic E-state index is 12.8. The molecule has 0 radical (unpaired) electrons. The lowest BCUT2D eigenvalue weighted by molar-refractivity contribution is 0.560. The highest BCUT2D eigenvalue weighted by Gasteiger charge is 2.18. The Balaban J connectivity index is 1.83. The molecule has 138 valence electrons. The first kappa shape index (κ1) is 19.0. The van der Waals surface area contributed by atoms with Crippen molar-refractivity contribution in [2.45, 2.75) is 38.3 Å². The normalized spacial score (nSPS) is 13.3. The van der Waals surface area contributed by atoms with Gasteiger partial charge in [-0.1, -0.05) is 24.3 Å². The molecule has 2 unspecified atom stereocenters. The molecule has 0 amide bonds. The number of benzene rings is 2. The molecular formula is C20H20N4O2S. The Morgan fingerprint density at radius 2 is 2.04 bits per heavy atom. The first-order valence-corrected chi connectivity index (χ1v) is 9.70. The van der Waals surface area contributed by atoms with Crippen LogP contribution in [0.2, 0.25) is 0 Å². The molecule has 3 aromatic rings. The first-order chi connectivity index (χ1) is 12.9. The molecule has 0 bridgehead atoms. The fraction of sp³-hybridized carbons (Fsp3) is 0.250. The van der Waals surface area contributed by atoms with Crippen LogP contribution in [-0.4, -0.2) is 14.8 Å². The Morgan fingerprint density at radius 1 is 1.30 bits per heavy atom. The van der Waals surface area contributed by atoms with Gasteiger partial charge in [0.2, 0.25) is 0 Å². The smallest absolute Gasteiger partial charge is 0.127 e. The van der Waals surface area contributed by atoms with Crippen LogP contribution in [0.15, 0.2) is 52.7 Å². The number of fused-ring (bicyclic) bond motifs is 1. The summed E-state index contributed by atoms with van der Waals surface area (Å²) in [6.07, 6.45) is 1.81. The molecule has 0 spiro atoms. The zero-order chi connectivity index (χ0) is 19.6. The molecule has 2 atom stereocenters. The number of nitroso groups, excluding NO2 is 1. The zero-order valence-electron chi connectivity index (χ0n) is 15.4. The zero-order valence-corrected chi connectivity index (χ0v) is 16.2. The third-order valence-electron chi connectivity index (χ3n) is 4.37. The van der Waals surface area contributed by atoms with E-state index in [4.69, 9.17) is 0 Å². The molecule has 0 aliphatic carbocycles. The lowest BCUT2D eigenvalue weighted by Crippen LogP contribution is -2.32. The van der Waals surface area contributed by atoms with E-state index in [9.17, 15) is 14.4 Å². The van der Waals surface area contributed by atoms with Crippen LogP contribution in [-0.2, 0) is 17.5 Å². The van der Waals surface area contributed by atoms with Crippen LogP contribution in [0.1, 0.15) is 23.6 Å².